The zero-order valence-electron chi connectivity index (χ0n) is 10.1. The number of hydrogen-bond donors (Lipinski definition) is 1. The van der Waals surface area contributed by atoms with Gasteiger partial charge in [-0.15, -0.1) is 0 Å². The highest BCUT2D eigenvalue weighted by Crippen LogP contribution is 2.06. The van der Waals surface area contributed by atoms with Gasteiger partial charge in [0.15, 0.2) is 0 Å². The van der Waals surface area contributed by atoms with E-state index in [1.54, 1.807) is 0 Å². The number of thiol groups is 1. The highest BCUT2D eigenvalue weighted by atomic mass is 32.3. The van der Waals surface area contributed by atoms with Crippen LogP contribution in [-0.4, -0.2) is 26.7 Å². The molecule has 0 aromatic carbocycles. The minimum atomic E-state index is -4.19. The van der Waals surface area contributed by atoms with Gasteiger partial charge in [-0.1, -0.05) is 39.0 Å². The first-order chi connectivity index (χ1) is 8.02. The average molecular weight is 284 g/mol. The lowest BCUT2D eigenvalue weighted by atomic mass is 10.1. The summed E-state index contributed by atoms with van der Waals surface area (Å²) in [6.45, 7) is 2.18. The monoisotopic (exact) mass is 284 g/mol. The molecule has 0 saturated heterocycles. The minimum absolute atomic E-state index is 0.0499. The topological polar surface area (TPSA) is 69.7 Å². The van der Waals surface area contributed by atoms with Gasteiger partial charge in [-0.3, -0.25) is 0 Å². The van der Waals surface area contributed by atoms with Crippen LogP contribution in [0.1, 0.15) is 45.4 Å². The fraction of sp³-hybridized carbons (Fsp3) is 0.900. The standard InChI is InChI=1S/C10H20O5S2/c1-2-3-4-5-6-7-8-14-17(12,13)15-10(11)9-16/h16H,2-9H2,1H3. The highest BCUT2D eigenvalue weighted by Gasteiger charge is 2.16. The van der Waals surface area contributed by atoms with Crippen LogP contribution >= 0.6 is 12.6 Å². The largest absolute Gasteiger partial charge is 0.451 e. The molecule has 0 aliphatic rings. The van der Waals surface area contributed by atoms with Gasteiger partial charge in [0.25, 0.3) is 0 Å². The zero-order valence-corrected chi connectivity index (χ0v) is 11.8. The Morgan fingerprint density at radius 3 is 2.29 bits per heavy atom. The van der Waals surface area contributed by atoms with E-state index in [2.05, 4.69) is 27.9 Å². The van der Waals surface area contributed by atoms with Crippen LogP contribution in [-0.2, 0) is 23.6 Å². The SMILES string of the molecule is CCCCCCCCOS(=O)(=O)OC(=O)CS. The van der Waals surface area contributed by atoms with Crippen LogP contribution < -0.4 is 0 Å². The van der Waals surface area contributed by atoms with Gasteiger partial charge in [0.1, 0.15) is 0 Å². The van der Waals surface area contributed by atoms with Crippen molar-refractivity contribution in [3.8, 4) is 0 Å². The molecular weight excluding hydrogens is 264 g/mol. The summed E-state index contributed by atoms with van der Waals surface area (Å²) in [7, 11) is -4.19. The maximum Gasteiger partial charge on any atom is 0.451 e. The van der Waals surface area contributed by atoms with Gasteiger partial charge in [0, 0.05) is 0 Å². The molecular formula is C10H20O5S2. The van der Waals surface area contributed by atoms with Crippen LogP contribution in [0.5, 0.6) is 0 Å². The Morgan fingerprint density at radius 1 is 1.12 bits per heavy atom. The van der Waals surface area contributed by atoms with Gasteiger partial charge in [-0.25, -0.2) is 8.98 Å². The van der Waals surface area contributed by atoms with Crippen molar-refractivity contribution >= 4 is 29.0 Å². The summed E-state index contributed by atoms with van der Waals surface area (Å²) in [4.78, 5) is 10.7. The van der Waals surface area contributed by atoms with Crippen molar-refractivity contribution in [2.75, 3.05) is 12.4 Å². The van der Waals surface area contributed by atoms with Crippen molar-refractivity contribution in [1.29, 1.82) is 0 Å². The summed E-state index contributed by atoms with van der Waals surface area (Å²) in [5.41, 5.74) is 0. The Labute approximate surface area is 109 Å². The molecule has 17 heavy (non-hydrogen) atoms. The van der Waals surface area contributed by atoms with Crippen molar-refractivity contribution in [3.05, 3.63) is 0 Å². The van der Waals surface area contributed by atoms with Crippen LogP contribution in [0.3, 0.4) is 0 Å². The van der Waals surface area contributed by atoms with E-state index in [4.69, 9.17) is 0 Å². The van der Waals surface area contributed by atoms with Gasteiger partial charge in [0.2, 0.25) is 0 Å². The number of rotatable bonds is 10. The third-order valence-electron chi connectivity index (χ3n) is 2.05. The molecule has 0 aromatic rings. The summed E-state index contributed by atoms with van der Waals surface area (Å²) >= 11 is 3.59. The lowest BCUT2D eigenvalue weighted by Crippen LogP contribution is -2.17. The summed E-state index contributed by atoms with van der Waals surface area (Å²) in [6.07, 6.45) is 6.13. The molecule has 0 rings (SSSR count). The number of carbonyl (C=O) groups is 1. The van der Waals surface area contributed by atoms with E-state index in [1.807, 2.05) is 0 Å². The Bertz CT molecular complexity index is 300. The first kappa shape index (κ1) is 16.7. The third kappa shape index (κ3) is 10.6. The quantitative estimate of drug-likeness (QED) is 0.491. The summed E-state index contributed by atoms with van der Waals surface area (Å²) in [6, 6.07) is 0. The second kappa shape index (κ2) is 9.73. The van der Waals surface area contributed by atoms with Crippen molar-refractivity contribution in [2.45, 2.75) is 45.4 Å². The molecule has 0 aliphatic carbocycles. The van der Waals surface area contributed by atoms with Gasteiger partial charge < -0.3 is 4.18 Å². The average Bonchev–Trinajstić information content (AvgIpc) is 2.27. The predicted molar refractivity (Wildman–Crippen MR) is 68.2 cm³/mol. The lowest BCUT2D eigenvalue weighted by Gasteiger charge is -2.04. The van der Waals surface area contributed by atoms with Crippen molar-refractivity contribution in [1.82, 2.24) is 0 Å². The van der Waals surface area contributed by atoms with Crippen LogP contribution in [0.15, 0.2) is 0 Å². The first-order valence-corrected chi connectivity index (χ1v) is 7.71. The Kier molecular flexibility index (Phi) is 9.57. The van der Waals surface area contributed by atoms with Gasteiger partial charge in [-0.2, -0.15) is 21.0 Å². The molecule has 102 valence electrons. The van der Waals surface area contributed by atoms with Crippen LogP contribution in [0.4, 0.5) is 0 Å². The summed E-state index contributed by atoms with van der Waals surface area (Å²) in [5, 5.41) is 0. The van der Waals surface area contributed by atoms with Crippen molar-refractivity contribution in [3.63, 3.8) is 0 Å². The van der Waals surface area contributed by atoms with E-state index < -0.39 is 16.4 Å². The number of unbranched alkanes of at least 4 members (excludes halogenated alkanes) is 5. The normalized spacial score (nSPS) is 11.4. The molecule has 0 aliphatic heterocycles. The van der Waals surface area contributed by atoms with E-state index in [9.17, 15) is 13.2 Å². The second-order valence-electron chi connectivity index (χ2n) is 3.61. The van der Waals surface area contributed by atoms with E-state index >= 15 is 0 Å². The molecule has 0 amide bonds. The molecule has 0 atom stereocenters. The van der Waals surface area contributed by atoms with E-state index in [-0.39, 0.29) is 12.4 Å². The number of carbonyl (C=O) groups excluding carboxylic acids is 1. The maximum atomic E-state index is 11.0. The minimum Gasteiger partial charge on any atom is -0.324 e. The molecule has 0 unspecified atom stereocenters. The van der Waals surface area contributed by atoms with E-state index in [0.717, 1.165) is 19.3 Å². The lowest BCUT2D eigenvalue weighted by molar-refractivity contribution is -0.131. The van der Waals surface area contributed by atoms with Crippen LogP contribution in [0.2, 0.25) is 0 Å². The Balaban J connectivity index is 3.56. The van der Waals surface area contributed by atoms with E-state index in [1.165, 1.54) is 12.8 Å². The fourth-order valence-corrected chi connectivity index (χ4v) is 2.02. The smallest absolute Gasteiger partial charge is 0.324 e. The molecule has 0 heterocycles. The Hall–Kier alpha value is -0.270. The maximum absolute atomic E-state index is 11.0. The molecule has 0 fully saturated rings. The van der Waals surface area contributed by atoms with E-state index in [0.29, 0.717) is 6.42 Å². The molecule has 0 radical (unpaired) electrons. The number of hydrogen-bond acceptors (Lipinski definition) is 6. The van der Waals surface area contributed by atoms with Gasteiger partial charge >= 0.3 is 16.4 Å². The summed E-state index contributed by atoms with van der Waals surface area (Å²) in [5.74, 6) is -1.23. The zero-order chi connectivity index (χ0) is 13.1. The molecule has 7 heteroatoms. The second-order valence-corrected chi connectivity index (χ2v) is 5.15. The van der Waals surface area contributed by atoms with Crippen LogP contribution in [0, 0.1) is 0 Å². The van der Waals surface area contributed by atoms with Gasteiger partial charge in [-0.05, 0) is 6.42 Å². The summed E-state index contributed by atoms with van der Waals surface area (Å²) < 4.78 is 30.6. The molecule has 5 nitrogen and oxygen atoms in total. The third-order valence-corrected chi connectivity index (χ3v) is 3.15. The predicted octanol–water partition coefficient (Wildman–Crippen LogP) is 2.08. The molecule has 0 saturated carbocycles. The first-order valence-electron chi connectivity index (χ1n) is 5.74. The highest BCUT2D eigenvalue weighted by molar-refractivity contribution is 7.83. The van der Waals surface area contributed by atoms with Crippen LogP contribution in [0.25, 0.3) is 0 Å². The molecule has 0 N–H and O–H groups in total. The van der Waals surface area contributed by atoms with Gasteiger partial charge in [0.05, 0.1) is 12.4 Å². The molecule has 0 spiro atoms. The van der Waals surface area contributed by atoms with Crippen molar-refractivity contribution < 1.29 is 21.6 Å². The Morgan fingerprint density at radius 2 is 1.71 bits per heavy atom. The molecule has 0 aromatic heterocycles. The molecule has 0 bridgehead atoms. The fourth-order valence-electron chi connectivity index (χ4n) is 1.21. The van der Waals surface area contributed by atoms with Crippen molar-refractivity contribution in [2.24, 2.45) is 0 Å².